The van der Waals surface area contributed by atoms with Crippen molar-refractivity contribution in [3.8, 4) is 5.75 Å². The number of nitrogens with zero attached hydrogens (tertiary/aromatic N) is 2. The van der Waals surface area contributed by atoms with E-state index in [0.29, 0.717) is 19.0 Å². The third-order valence-corrected chi connectivity index (χ3v) is 6.15. The van der Waals surface area contributed by atoms with Gasteiger partial charge in [0.05, 0.1) is 6.61 Å². The molecule has 3 aromatic rings. The lowest BCUT2D eigenvalue weighted by molar-refractivity contribution is -0.149. The van der Waals surface area contributed by atoms with Crippen molar-refractivity contribution in [2.45, 2.75) is 40.5 Å². The molecule has 198 valence electrons. The van der Waals surface area contributed by atoms with Crippen LogP contribution in [0.3, 0.4) is 0 Å². The molecule has 1 atom stereocenters. The molecular weight excluding hydrogens is 480 g/mol. The van der Waals surface area contributed by atoms with Crippen LogP contribution in [0.1, 0.15) is 50.6 Å². The number of esters is 1. The smallest absolute Gasteiger partial charge is 0.317 e. The summed E-state index contributed by atoms with van der Waals surface area (Å²) in [7, 11) is 0. The van der Waals surface area contributed by atoms with Gasteiger partial charge < -0.3 is 23.9 Å². The molecular formula is C31H34N2O5. The van der Waals surface area contributed by atoms with Gasteiger partial charge >= 0.3 is 5.97 Å². The van der Waals surface area contributed by atoms with Crippen LogP contribution in [-0.4, -0.2) is 29.9 Å². The second kappa shape index (κ2) is 12.3. The fraction of sp³-hybridized carbons (Fsp3) is 0.290. The summed E-state index contributed by atoms with van der Waals surface area (Å²) in [6, 6.07) is 27.2. The minimum absolute atomic E-state index is 0.209. The van der Waals surface area contributed by atoms with E-state index in [1.807, 2.05) is 103 Å². The molecule has 7 nitrogen and oxygen atoms in total. The first-order chi connectivity index (χ1) is 18.4. The zero-order valence-electron chi connectivity index (χ0n) is 22.3. The summed E-state index contributed by atoms with van der Waals surface area (Å²) in [5.41, 5.74) is 2.33. The molecule has 0 N–H and O–H groups in total. The minimum atomic E-state index is -0.973. The number of carbonyl (C=O) groups excluding carboxylic acids is 1. The summed E-state index contributed by atoms with van der Waals surface area (Å²) in [6.07, 6.45) is 1.75. The Labute approximate surface area is 224 Å². The Morgan fingerprint density at radius 1 is 0.974 bits per heavy atom. The van der Waals surface area contributed by atoms with Crippen LogP contribution in [0.2, 0.25) is 0 Å². The number of hydrogen-bond acceptors (Lipinski definition) is 7. The van der Waals surface area contributed by atoms with E-state index in [1.54, 1.807) is 20.8 Å². The Morgan fingerprint density at radius 3 is 2.29 bits per heavy atom. The van der Waals surface area contributed by atoms with Crippen LogP contribution in [0.5, 0.6) is 5.75 Å². The van der Waals surface area contributed by atoms with Crippen molar-refractivity contribution in [2.75, 3.05) is 13.3 Å². The maximum Gasteiger partial charge on any atom is 0.317 e. The van der Waals surface area contributed by atoms with Gasteiger partial charge in [0.1, 0.15) is 29.2 Å². The SMILES string of the molecule is CCOC(=O)C(C)(C)C(=NOCc1ccc(OCN2C=C(C)OC2c2ccccc2)cc1)c1ccccc1. The zero-order valence-corrected chi connectivity index (χ0v) is 22.3. The average molecular weight is 515 g/mol. The average Bonchev–Trinajstić information content (AvgIpc) is 3.32. The molecule has 7 heteroatoms. The minimum Gasteiger partial charge on any atom is -0.473 e. The van der Waals surface area contributed by atoms with Crippen molar-refractivity contribution in [1.29, 1.82) is 0 Å². The van der Waals surface area contributed by atoms with Crippen molar-refractivity contribution in [3.63, 3.8) is 0 Å². The molecule has 1 aliphatic heterocycles. The van der Waals surface area contributed by atoms with Crippen LogP contribution in [0.15, 0.2) is 102 Å². The Balaban J connectivity index is 1.38. The van der Waals surface area contributed by atoms with Gasteiger partial charge in [-0.1, -0.05) is 78.0 Å². The van der Waals surface area contributed by atoms with Crippen molar-refractivity contribution in [2.24, 2.45) is 10.6 Å². The highest BCUT2D eigenvalue weighted by Gasteiger charge is 2.37. The van der Waals surface area contributed by atoms with Crippen molar-refractivity contribution in [1.82, 2.24) is 4.90 Å². The molecule has 4 rings (SSSR count). The number of oxime groups is 1. The van der Waals surface area contributed by atoms with Crippen LogP contribution < -0.4 is 4.74 Å². The molecule has 0 saturated heterocycles. The van der Waals surface area contributed by atoms with E-state index in [-0.39, 0.29) is 18.8 Å². The number of benzene rings is 3. The highest BCUT2D eigenvalue weighted by atomic mass is 16.6. The van der Waals surface area contributed by atoms with Crippen LogP contribution in [0.25, 0.3) is 0 Å². The second-order valence-electron chi connectivity index (χ2n) is 9.48. The lowest BCUT2D eigenvalue weighted by atomic mass is 9.83. The summed E-state index contributed by atoms with van der Waals surface area (Å²) in [5.74, 6) is 1.22. The van der Waals surface area contributed by atoms with E-state index in [2.05, 4.69) is 5.16 Å². The molecule has 0 radical (unpaired) electrons. The lowest BCUT2D eigenvalue weighted by Crippen LogP contribution is -2.36. The number of hydrogen-bond donors (Lipinski definition) is 0. The quantitative estimate of drug-likeness (QED) is 0.167. The third kappa shape index (κ3) is 6.54. The van der Waals surface area contributed by atoms with Gasteiger partial charge in [0.25, 0.3) is 0 Å². The monoisotopic (exact) mass is 514 g/mol. The maximum absolute atomic E-state index is 12.6. The Hall–Kier alpha value is -4.26. The Morgan fingerprint density at radius 2 is 1.63 bits per heavy atom. The van der Waals surface area contributed by atoms with E-state index in [1.165, 1.54) is 0 Å². The molecule has 1 unspecified atom stereocenters. The van der Waals surface area contributed by atoms with Gasteiger partial charge in [-0.05, 0) is 45.4 Å². The summed E-state index contributed by atoms with van der Waals surface area (Å²) in [4.78, 5) is 20.4. The fourth-order valence-electron chi connectivity index (χ4n) is 4.09. The van der Waals surface area contributed by atoms with E-state index >= 15 is 0 Å². The molecule has 0 saturated carbocycles. The standard InChI is InChI=1S/C31H34N2O5/c1-5-35-30(34)31(3,4)28(25-12-8-6-9-13-25)32-37-21-24-16-18-27(19-17-24)36-22-33-20-23(2)38-29(33)26-14-10-7-11-15-26/h6-20,29H,5,21-22H2,1-4H3. The summed E-state index contributed by atoms with van der Waals surface area (Å²) in [6.45, 7) is 8.19. The van der Waals surface area contributed by atoms with Gasteiger partial charge in [-0.15, -0.1) is 0 Å². The third-order valence-electron chi connectivity index (χ3n) is 6.15. The molecule has 0 aliphatic carbocycles. The van der Waals surface area contributed by atoms with Crippen LogP contribution in [0.4, 0.5) is 0 Å². The van der Waals surface area contributed by atoms with Crippen molar-refractivity contribution in [3.05, 3.63) is 114 Å². The highest BCUT2D eigenvalue weighted by Crippen LogP contribution is 2.31. The zero-order chi connectivity index (χ0) is 27.0. The molecule has 1 heterocycles. The molecule has 3 aromatic carbocycles. The predicted molar refractivity (Wildman–Crippen MR) is 146 cm³/mol. The number of carbonyl (C=O) groups is 1. The van der Waals surface area contributed by atoms with Gasteiger partial charge in [-0.2, -0.15) is 0 Å². The van der Waals surface area contributed by atoms with Gasteiger partial charge in [-0.3, -0.25) is 4.79 Å². The summed E-state index contributed by atoms with van der Waals surface area (Å²) in [5, 5.41) is 4.38. The second-order valence-corrected chi connectivity index (χ2v) is 9.48. The molecule has 0 aromatic heterocycles. The Kier molecular flexibility index (Phi) is 8.69. The van der Waals surface area contributed by atoms with Gasteiger partial charge in [0.15, 0.2) is 6.73 Å². The van der Waals surface area contributed by atoms with Gasteiger partial charge in [0.2, 0.25) is 6.23 Å². The van der Waals surface area contributed by atoms with Crippen LogP contribution >= 0.6 is 0 Å². The first-order valence-electron chi connectivity index (χ1n) is 12.7. The molecule has 38 heavy (non-hydrogen) atoms. The molecule has 0 bridgehead atoms. The fourth-order valence-corrected chi connectivity index (χ4v) is 4.09. The number of ether oxygens (including phenoxy) is 3. The topological polar surface area (TPSA) is 69.6 Å². The summed E-state index contributed by atoms with van der Waals surface area (Å²) < 4.78 is 17.3. The molecule has 0 spiro atoms. The molecule has 0 fully saturated rings. The van der Waals surface area contributed by atoms with Crippen molar-refractivity contribution < 1.29 is 23.8 Å². The van der Waals surface area contributed by atoms with Crippen molar-refractivity contribution >= 4 is 11.7 Å². The van der Waals surface area contributed by atoms with E-state index in [9.17, 15) is 4.79 Å². The Bertz CT molecular complexity index is 1250. The number of rotatable bonds is 11. The van der Waals surface area contributed by atoms with Crippen LogP contribution in [0, 0.1) is 5.41 Å². The lowest BCUT2D eigenvalue weighted by Gasteiger charge is -2.24. The highest BCUT2D eigenvalue weighted by molar-refractivity contribution is 6.14. The predicted octanol–water partition coefficient (Wildman–Crippen LogP) is 6.43. The van der Waals surface area contributed by atoms with E-state index in [4.69, 9.17) is 19.0 Å². The van der Waals surface area contributed by atoms with E-state index < -0.39 is 5.41 Å². The first kappa shape index (κ1) is 26.8. The first-order valence-corrected chi connectivity index (χ1v) is 12.7. The van der Waals surface area contributed by atoms with E-state index in [0.717, 1.165) is 28.2 Å². The molecule has 0 amide bonds. The normalized spacial score (nSPS) is 15.5. The number of allylic oxidation sites excluding steroid dienone is 1. The largest absolute Gasteiger partial charge is 0.473 e. The van der Waals surface area contributed by atoms with Gasteiger partial charge in [0, 0.05) is 17.3 Å². The van der Waals surface area contributed by atoms with Gasteiger partial charge in [-0.25, -0.2) is 0 Å². The maximum atomic E-state index is 12.6. The summed E-state index contributed by atoms with van der Waals surface area (Å²) >= 11 is 0. The van der Waals surface area contributed by atoms with Crippen LogP contribution in [-0.2, 0) is 25.7 Å². The molecule has 1 aliphatic rings.